The quantitative estimate of drug-likeness (QED) is 0.792. The van der Waals surface area contributed by atoms with Gasteiger partial charge in [0, 0.05) is 25.6 Å². The van der Waals surface area contributed by atoms with Gasteiger partial charge in [-0.1, -0.05) is 12.1 Å². The van der Waals surface area contributed by atoms with E-state index in [0.717, 1.165) is 31.8 Å². The molecule has 21 heavy (non-hydrogen) atoms. The molecular weight excluding hydrogens is 262 g/mol. The molecule has 114 valence electrons. The van der Waals surface area contributed by atoms with Crippen LogP contribution in [0, 0.1) is 0 Å². The number of para-hydroxylation sites is 2. The molecule has 0 N–H and O–H groups in total. The molecule has 1 saturated heterocycles. The zero-order valence-electron chi connectivity index (χ0n) is 13.1. The number of rotatable bonds is 5. The fraction of sp³-hybridized carbons (Fsp3) is 0.588. The lowest BCUT2D eigenvalue weighted by Gasteiger charge is -2.29. The van der Waals surface area contributed by atoms with E-state index in [-0.39, 0.29) is 0 Å². The van der Waals surface area contributed by atoms with Gasteiger partial charge in [0.05, 0.1) is 17.6 Å². The van der Waals surface area contributed by atoms with Gasteiger partial charge in [-0.05, 0) is 45.5 Å². The third kappa shape index (κ3) is 3.11. The molecule has 3 rings (SSSR count). The molecule has 1 aliphatic heterocycles. The van der Waals surface area contributed by atoms with E-state index in [9.17, 15) is 0 Å². The molecule has 0 spiro atoms. The summed E-state index contributed by atoms with van der Waals surface area (Å²) in [5.41, 5.74) is 2.35. The van der Waals surface area contributed by atoms with Gasteiger partial charge >= 0.3 is 0 Å². The number of ether oxygens (including phenoxy) is 1. The molecule has 4 heteroatoms. The van der Waals surface area contributed by atoms with Gasteiger partial charge in [-0.3, -0.25) is 0 Å². The van der Waals surface area contributed by atoms with Gasteiger partial charge < -0.3 is 14.2 Å². The highest BCUT2D eigenvalue weighted by Gasteiger charge is 2.24. The van der Waals surface area contributed by atoms with Crippen molar-refractivity contribution in [2.75, 3.05) is 33.4 Å². The van der Waals surface area contributed by atoms with E-state index in [0.29, 0.717) is 5.92 Å². The monoisotopic (exact) mass is 287 g/mol. The Kier molecular flexibility index (Phi) is 4.56. The fourth-order valence-electron chi connectivity index (χ4n) is 3.32. The largest absolute Gasteiger partial charge is 0.380 e. The zero-order valence-corrected chi connectivity index (χ0v) is 13.1. The minimum Gasteiger partial charge on any atom is -0.380 e. The van der Waals surface area contributed by atoms with E-state index in [1.54, 1.807) is 0 Å². The normalized spacial score (nSPS) is 20.2. The zero-order chi connectivity index (χ0) is 14.7. The van der Waals surface area contributed by atoms with Crippen LogP contribution in [0.15, 0.2) is 24.3 Å². The maximum absolute atomic E-state index is 5.56. The van der Waals surface area contributed by atoms with E-state index in [2.05, 4.69) is 40.8 Å². The molecular formula is C17H25N3O. The van der Waals surface area contributed by atoms with Crippen LogP contribution < -0.4 is 0 Å². The number of piperidine rings is 1. The highest BCUT2D eigenvalue weighted by molar-refractivity contribution is 5.76. The van der Waals surface area contributed by atoms with Crippen LogP contribution in [0.4, 0.5) is 0 Å². The van der Waals surface area contributed by atoms with Crippen LogP contribution in [0.5, 0.6) is 0 Å². The van der Waals surface area contributed by atoms with E-state index >= 15 is 0 Å². The second-order valence-electron chi connectivity index (χ2n) is 5.91. The standard InChI is InChI=1S/C17H25N3O/c1-3-21-12-11-20-16-9-5-4-8-15(16)18-17(20)14-7-6-10-19(2)13-14/h4-5,8-9,14H,3,6-7,10-13H2,1-2H3/t14-/m1/s1. The summed E-state index contributed by atoms with van der Waals surface area (Å²) in [6.45, 7) is 6.78. The van der Waals surface area contributed by atoms with Crippen LogP contribution in [0.2, 0.25) is 0 Å². The second-order valence-corrected chi connectivity index (χ2v) is 5.91. The van der Waals surface area contributed by atoms with Crippen molar-refractivity contribution in [2.45, 2.75) is 32.2 Å². The van der Waals surface area contributed by atoms with Crippen molar-refractivity contribution >= 4 is 11.0 Å². The molecule has 2 heterocycles. The van der Waals surface area contributed by atoms with E-state index in [1.807, 2.05) is 6.92 Å². The average molecular weight is 287 g/mol. The lowest BCUT2D eigenvalue weighted by Crippen LogP contribution is -2.32. The van der Waals surface area contributed by atoms with Gasteiger partial charge in [-0.2, -0.15) is 0 Å². The van der Waals surface area contributed by atoms with Crippen molar-refractivity contribution in [1.82, 2.24) is 14.5 Å². The van der Waals surface area contributed by atoms with Crippen LogP contribution in [0.25, 0.3) is 11.0 Å². The maximum Gasteiger partial charge on any atom is 0.114 e. The Balaban J connectivity index is 1.93. The number of hydrogen-bond acceptors (Lipinski definition) is 3. The Labute approximate surface area is 126 Å². The Hall–Kier alpha value is -1.39. The van der Waals surface area contributed by atoms with Crippen molar-refractivity contribution in [2.24, 2.45) is 0 Å². The Bertz CT molecular complexity index is 593. The molecule has 2 aromatic rings. The van der Waals surface area contributed by atoms with Crippen LogP contribution in [-0.4, -0.2) is 47.8 Å². The Morgan fingerprint density at radius 3 is 3.00 bits per heavy atom. The van der Waals surface area contributed by atoms with Gasteiger partial charge in [0.1, 0.15) is 5.82 Å². The van der Waals surface area contributed by atoms with Gasteiger partial charge in [0.2, 0.25) is 0 Å². The first-order valence-corrected chi connectivity index (χ1v) is 8.01. The Morgan fingerprint density at radius 2 is 2.19 bits per heavy atom. The molecule has 4 nitrogen and oxygen atoms in total. The first-order valence-electron chi connectivity index (χ1n) is 8.01. The molecule has 0 radical (unpaired) electrons. The van der Waals surface area contributed by atoms with Gasteiger partial charge in [-0.25, -0.2) is 4.98 Å². The SMILES string of the molecule is CCOCCn1c([C@@H]2CCCN(C)C2)nc2ccccc21. The van der Waals surface area contributed by atoms with Gasteiger partial charge in [0.25, 0.3) is 0 Å². The summed E-state index contributed by atoms with van der Waals surface area (Å²) in [5, 5.41) is 0. The highest BCUT2D eigenvalue weighted by atomic mass is 16.5. The maximum atomic E-state index is 5.56. The smallest absolute Gasteiger partial charge is 0.114 e. The number of likely N-dealkylation sites (N-methyl/N-ethyl adjacent to an activating group) is 1. The summed E-state index contributed by atoms with van der Waals surface area (Å²) < 4.78 is 7.93. The minimum absolute atomic E-state index is 0.540. The van der Waals surface area contributed by atoms with E-state index < -0.39 is 0 Å². The van der Waals surface area contributed by atoms with Crippen molar-refractivity contribution in [3.63, 3.8) is 0 Å². The van der Waals surface area contributed by atoms with Crippen LogP contribution >= 0.6 is 0 Å². The lowest BCUT2D eigenvalue weighted by atomic mass is 9.97. The van der Waals surface area contributed by atoms with Crippen LogP contribution in [0.3, 0.4) is 0 Å². The summed E-state index contributed by atoms with van der Waals surface area (Å²) in [6, 6.07) is 8.45. The van der Waals surface area contributed by atoms with Crippen molar-refractivity contribution in [3.8, 4) is 0 Å². The summed E-state index contributed by atoms with van der Waals surface area (Å²) >= 11 is 0. The third-order valence-electron chi connectivity index (χ3n) is 4.34. The summed E-state index contributed by atoms with van der Waals surface area (Å²) in [6.07, 6.45) is 2.50. The molecule has 0 unspecified atom stereocenters. The number of aromatic nitrogens is 2. The van der Waals surface area contributed by atoms with Crippen molar-refractivity contribution < 1.29 is 4.74 Å². The Morgan fingerprint density at radius 1 is 1.33 bits per heavy atom. The van der Waals surface area contributed by atoms with E-state index in [1.165, 1.54) is 30.7 Å². The van der Waals surface area contributed by atoms with Crippen molar-refractivity contribution in [1.29, 1.82) is 0 Å². The third-order valence-corrected chi connectivity index (χ3v) is 4.34. The van der Waals surface area contributed by atoms with Crippen molar-refractivity contribution in [3.05, 3.63) is 30.1 Å². The molecule has 1 atom stereocenters. The van der Waals surface area contributed by atoms with E-state index in [4.69, 9.17) is 9.72 Å². The number of nitrogens with zero attached hydrogens (tertiary/aromatic N) is 3. The van der Waals surface area contributed by atoms with Gasteiger partial charge in [-0.15, -0.1) is 0 Å². The summed E-state index contributed by atoms with van der Waals surface area (Å²) in [7, 11) is 2.21. The number of fused-ring (bicyclic) bond motifs is 1. The molecule has 1 aromatic heterocycles. The number of hydrogen-bond donors (Lipinski definition) is 0. The summed E-state index contributed by atoms with van der Waals surface area (Å²) in [5.74, 6) is 1.78. The topological polar surface area (TPSA) is 30.3 Å². The van der Waals surface area contributed by atoms with Crippen LogP contribution in [0.1, 0.15) is 31.5 Å². The molecule has 0 bridgehead atoms. The molecule has 1 aromatic carbocycles. The lowest BCUT2D eigenvalue weighted by molar-refractivity contribution is 0.138. The number of imidazole rings is 1. The van der Waals surface area contributed by atoms with Gasteiger partial charge in [0.15, 0.2) is 0 Å². The first kappa shape index (κ1) is 14.5. The predicted octanol–water partition coefficient (Wildman–Crippen LogP) is 2.88. The molecule has 1 aliphatic rings. The fourth-order valence-corrected chi connectivity index (χ4v) is 3.32. The minimum atomic E-state index is 0.540. The molecule has 0 saturated carbocycles. The predicted molar refractivity (Wildman–Crippen MR) is 85.7 cm³/mol. The highest BCUT2D eigenvalue weighted by Crippen LogP contribution is 2.28. The second kappa shape index (κ2) is 6.58. The number of benzene rings is 1. The first-order chi connectivity index (χ1) is 10.3. The summed E-state index contributed by atoms with van der Waals surface area (Å²) in [4.78, 5) is 7.35. The average Bonchev–Trinajstić information content (AvgIpc) is 2.87. The number of likely N-dealkylation sites (tertiary alicyclic amines) is 1. The molecule has 0 amide bonds. The van der Waals surface area contributed by atoms with Crippen LogP contribution in [-0.2, 0) is 11.3 Å². The molecule has 0 aliphatic carbocycles. The molecule has 1 fully saturated rings.